The second kappa shape index (κ2) is 11.5. The molecule has 0 radical (unpaired) electrons. The summed E-state index contributed by atoms with van der Waals surface area (Å²) in [7, 11) is 3.79. The normalized spacial score (nSPS) is 15.4. The minimum absolute atomic E-state index is 0.0775. The number of halogens is 1. The van der Waals surface area contributed by atoms with Crippen molar-refractivity contribution in [3.63, 3.8) is 0 Å². The van der Waals surface area contributed by atoms with Crippen LogP contribution in [-0.4, -0.2) is 63.7 Å². The van der Waals surface area contributed by atoms with E-state index in [1.54, 1.807) is 19.2 Å². The quantitative estimate of drug-likeness (QED) is 0.411. The highest BCUT2D eigenvalue weighted by Gasteiger charge is 2.15. The van der Waals surface area contributed by atoms with Gasteiger partial charge in [-0.3, -0.25) is 9.79 Å². The predicted molar refractivity (Wildman–Crippen MR) is 105 cm³/mol. The van der Waals surface area contributed by atoms with Crippen molar-refractivity contribution in [3.8, 4) is 0 Å². The molecule has 1 heterocycles. The maximum atomic E-state index is 12.9. The fourth-order valence-corrected chi connectivity index (χ4v) is 3.13. The molecule has 1 fully saturated rings. The fraction of sp³-hybridized carbons (Fsp3) is 0.600. The van der Waals surface area contributed by atoms with Crippen LogP contribution in [0, 0.1) is 11.7 Å². The number of benzene rings is 1. The molecule has 1 aliphatic rings. The van der Waals surface area contributed by atoms with Crippen LogP contribution in [0.4, 0.5) is 4.39 Å². The van der Waals surface area contributed by atoms with Gasteiger partial charge in [-0.05, 0) is 42.9 Å². The van der Waals surface area contributed by atoms with E-state index in [0.717, 1.165) is 56.5 Å². The Balaban J connectivity index is 1.61. The lowest BCUT2D eigenvalue weighted by Crippen LogP contribution is -2.43. The molecule has 2 N–H and O–H groups in total. The molecule has 0 atom stereocenters. The average Bonchev–Trinajstić information content (AvgIpc) is 2.69. The molecule has 7 heteroatoms. The number of amides is 1. The number of hydrogen-bond acceptors (Lipinski definition) is 3. The number of aliphatic imine (C=N–C) groups is 1. The molecule has 1 amide bonds. The molecule has 150 valence electrons. The van der Waals surface area contributed by atoms with Crippen LogP contribution in [0.5, 0.6) is 0 Å². The van der Waals surface area contributed by atoms with Gasteiger partial charge in [0.1, 0.15) is 5.82 Å². The zero-order chi connectivity index (χ0) is 19.5. The van der Waals surface area contributed by atoms with E-state index in [1.807, 2.05) is 7.05 Å². The van der Waals surface area contributed by atoms with Crippen molar-refractivity contribution < 1.29 is 13.9 Å². The molecular formula is C20H31FN4O2. The zero-order valence-electron chi connectivity index (χ0n) is 16.3. The van der Waals surface area contributed by atoms with Crippen LogP contribution in [0.3, 0.4) is 0 Å². The highest BCUT2D eigenvalue weighted by molar-refractivity contribution is 5.80. The molecule has 0 unspecified atom stereocenters. The van der Waals surface area contributed by atoms with Gasteiger partial charge in [-0.1, -0.05) is 12.1 Å². The number of ether oxygens (including phenoxy) is 1. The smallest absolute Gasteiger partial charge is 0.224 e. The van der Waals surface area contributed by atoms with Gasteiger partial charge >= 0.3 is 0 Å². The Morgan fingerprint density at radius 3 is 2.56 bits per heavy atom. The van der Waals surface area contributed by atoms with Gasteiger partial charge in [-0.2, -0.15) is 0 Å². The second-order valence-electron chi connectivity index (χ2n) is 6.89. The summed E-state index contributed by atoms with van der Waals surface area (Å²) in [6.45, 7) is 3.80. The summed E-state index contributed by atoms with van der Waals surface area (Å²) in [4.78, 5) is 18.4. The van der Waals surface area contributed by atoms with Crippen LogP contribution in [0.15, 0.2) is 29.3 Å². The lowest BCUT2D eigenvalue weighted by molar-refractivity contribution is -0.120. The van der Waals surface area contributed by atoms with Crippen molar-refractivity contribution >= 4 is 11.9 Å². The van der Waals surface area contributed by atoms with Crippen LogP contribution in [-0.2, 0) is 16.0 Å². The van der Waals surface area contributed by atoms with Gasteiger partial charge in [0.2, 0.25) is 5.91 Å². The highest BCUT2D eigenvalue weighted by atomic mass is 19.1. The van der Waals surface area contributed by atoms with E-state index in [2.05, 4.69) is 20.5 Å². The molecule has 1 aromatic rings. The van der Waals surface area contributed by atoms with Crippen LogP contribution in [0.2, 0.25) is 0 Å². The van der Waals surface area contributed by atoms with E-state index in [9.17, 15) is 9.18 Å². The third kappa shape index (κ3) is 7.95. The van der Waals surface area contributed by atoms with E-state index < -0.39 is 0 Å². The van der Waals surface area contributed by atoms with E-state index in [0.29, 0.717) is 13.1 Å². The summed E-state index contributed by atoms with van der Waals surface area (Å²) in [5, 5.41) is 6.14. The first-order valence-corrected chi connectivity index (χ1v) is 9.59. The molecule has 1 aliphatic heterocycles. The van der Waals surface area contributed by atoms with Crippen molar-refractivity contribution in [1.29, 1.82) is 0 Å². The molecular weight excluding hydrogens is 347 g/mol. The Hall–Kier alpha value is -2.15. The molecule has 0 saturated carbocycles. The van der Waals surface area contributed by atoms with Crippen molar-refractivity contribution in [2.24, 2.45) is 10.9 Å². The van der Waals surface area contributed by atoms with Crippen LogP contribution in [0.1, 0.15) is 24.8 Å². The van der Waals surface area contributed by atoms with Gasteiger partial charge < -0.3 is 20.3 Å². The van der Waals surface area contributed by atoms with Gasteiger partial charge in [0.25, 0.3) is 0 Å². The molecule has 27 heavy (non-hydrogen) atoms. The van der Waals surface area contributed by atoms with Gasteiger partial charge in [0.15, 0.2) is 5.96 Å². The number of guanidine groups is 1. The summed E-state index contributed by atoms with van der Waals surface area (Å²) in [5.74, 6) is 1.18. The Kier molecular flexibility index (Phi) is 9.04. The molecule has 1 saturated heterocycles. The maximum Gasteiger partial charge on any atom is 0.224 e. The van der Waals surface area contributed by atoms with Crippen molar-refractivity contribution in [2.75, 3.05) is 46.9 Å². The Bertz CT molecular complexity index is 601. The lowest BCUT2D eigenvalue weighted by atomic mass is 9.96. The topological polar surface area (TPSA) is 66.0 Å². The Morgan fingerprint density at radius 1 is 1.22 bits per heavy atom. The predicted octanol–water partition coefficient (Wildman–Crippen LogP) is 1.81. The summed E-state index contributed by atoms with van der Waals surface area (Å²) in [6, 6.07) is 5.99. The van der Waals surface area contributed by atoms with Gasteiger partial charge in [0.05, 0.1) is 6.42 Å². The van der Waals surface area contributed by atoms with E-state index in [1.165, 1.54) is 12.1 Å². The highest BCUT2D eigenvalue weighted by Crippen LogP contribution is 2.18. The second-order valence-corrected chi connectivity index (χ2v) is 6.89. The lowest BCUT2D eigenvalue weighted by Gasteiger charge is -2.26. The Labute approximate surface area is 161 Å². The van der Waals surface area contributed by atoms with Crippen molar-refractivity contribution in [2.45, 2.75) is 25.7 Å². The van der Waals surface area contributed by atoms with E-state index >= 15 is 0 Å². The summed E-state index contributed by atoms with van der Waals surface area (Å²) >= 11 is 0. The molecule has 0 spiro atoms. The molecule has 0 aromatic heterocycles. The van der Waals surface area contributed by atoms with E-state index in [4.69, 9.17) is 4.74 Å². The first kappa shape index (κ1) is 21.2. The number of nitrogens with zero attached hydrogens (tertiary/aromatic N) is 2. The number of hydrogen-bond donors (Lipinski definition) is 2. The zero-order valence-corrected chi connectivity index (χ0v) is 16.3. The van der Waals surface area contributed by atoms with Gasteiger partial charge in [-0.15, -0.1) is 0 Å². The third-order valence-corrected chi connectivity index (χ3v) is 4.80. The summed E-state index contributed by atoms with van der Waals surface area (Å²) < 4.78 is 18.3. The average molecular weight is 378 g/mol. The standard InChI is InChI=1S/C20H31FN4O2/c1-22-20(25(2)12-7-16-8-13-27-14-9-16)24-11-10-23-19(26)15-17-3-5-18(21)6-4-17/h3-6,16H,7-15H2,1-2H3,(H,22,24)(H,23,26). The molecule has 1 aromatic carbocycles. The maximum absolute atomic E-state index is 12.9. The SMILES string of the molecule is CN=C(NCCNC(=O)Cc1ccc(F)cc1)N(C)CCC1CCOCC1. The van der Waals surface area contributed by atoms with Gasteiger partial charge in [0, 0.05) is 46.9 Å². The van der Waals surface area contributed by atoms with Crippen LogP contribution < -0.4 is 10.6 Å². The third-order valence-electron chi connectivity index (χ3n) is 4.80. The van der Waals surface area contributed by atoms with Gasteiger partial charge in [-0.25, -0.2) is 4.39 Å². The first-order chi connectivity index (χ1) is 13.1. The monoisotopic (exact) mass is 378 g/mol. The number of rotatable bonds is 8. The molecule has 6 nitrogen and oxygen atoms in total. The van der Waals surface area contributed by atoms with Crippen LogP contribution >= 0.6 is 0 Å². The minimum atomic E-state index is -0.296. The fourth-order valence-electron chi connectivity index (χ4n) is 3.13. The van der Waals surface area contributed by atoms with Crippen molar-refractivity contribution in [3.05, 3.63) is 35.6 Å². The number of carbonyl (C=O) groups is 1. The largest absolute Gasteiger partial charge is 0.381 e. The molecule has 0 aliphatic carbocycles. The number of carbonyl (C=O) groups excluding carboxylic acids is 1. The Morgan fingerprint density at radius 2 is 1.89 bits per heavy atom. The minimum Gasteiger partial charge on any atom is -0.381 e. The number of nitrogens with one attached hydrogen (secondary N) is 2. The van der Waals surface area contributed by atoms with E-state index in [-0.39, 0.29) is 18.1 Å². The first-order valence-electron chi connectivity index (χ1n) is 9.59. The van der Waals surface area contributed by atoms with Crippen LogP contribution in [0.25, 0.3) is 0 Å². The molecule has 0 bridgehead atoms. The summed E-state index contributed by atoms with van der Waals surface area (Å²) in [6.07, 6.45) is 3.66. The molecule has 2 rings (SSSR count). The van der Waals surface area contributed by atoms with Crippen molar-refractivity contribution in [1.82, 2.24) is 15.5 Å². The summed E-state index contributed by atoms with van der Waals surface area (Å²) in [5.41, 5.74) is 0.797.